The van der Waals surface area contributed by atoms with Crippen LogP contribution in [0, 0.1) is 5.92 Å². The molecule has 7 heteroatoms. The van der Waals surface area contributed by atoms with E-state index in [1.54, 1.807) is 18.2 Å². The van der Waals surface area contributed by atoms with E-state index < -0.39 is 0 Å². The number of hydrazine groups is 1. The second-order valence-electron chi connectivity index (χ2n) is 6.11. The Morgan fingerprint density at radius 3 is 3.00 bits per heavy atom. The summed E-state index contributed by atoms with van der Waals surface area (Å²) in [5, 5.41) is 5.71. The molecular formula is C16H21BrN4O2. The van der Waals surface area contributed by atoms with E-state index >= 15 is 0 Å². The minimum Gasteiger partial charge on any atom is -0.350 e. The van der Waals surface area contributed by atoms with Crippen molar-refractivity contribution >= 4 is 27.7 Å². The number of hydrogen-bond donors (Lipinski definition) is 4. The van der Waals surface area contributed by atoms with E-state index in [1.807, 2.05) is 6.07 Å². The van der Waals surface area contributed by atoms with E-state index in [4.69, 9.17) is 0 Å². The van der Waals surface area contributed by atoms with Gasteiger partial charge in [-0.25, -0.2) is 0 Å². The zero-order valence-corrected chi connectivity index (χ0v) is 14.4. The molecule has 3 unspecified atom stereocenters. The number of carbonyl (C=O) groups excluding carboxylic acids is 2. The standard InChI is InChI=1S/C16H21BrN4O2/c17-12-5-1-3-10(7-12)16(23)18-9-14(22)20-13-6-2-4-11-8-19-21-15(11)13/h1,3,5,7,11,13,15,19,21H,2,4,6,8-9H2,(H,18,23)(H,20,22). The highest BCUT2D eigenvalue weighted by Gasteiger charge is 2.37. The van der Waals surface area contributed by atoms with Gasteiger partial charge < -0.3 is 10.6 Å². The number of nitrogens with one attached hydrogen (secondary N) is 4. The maximum Gasteiger partial charge on any atom is 0.251 e. The first-order chi connectivity index (χ1) is 11.1. The van der Waals surface area contributed by atoms with Gasteiger partial charge in [-0.1, -0.05) is 28.4 Å². The minimum atomic E-state index is -0.247. The summed E-state index contributed by atoms with van der Waals surface area (Å²) in [4.78, 5) is 24.2. The molecule has 2 amide bonds. The third-order valence-electron chi connectivity index (χ3n) is 4.51. The monoisotopic (exact) mass is 380 g/mol. The minimum absolute atomic E-state index is 0.00728. The Kier molecular flexibility index (Phi) is 5.30. The fourth-order valence-corrected chi connectivity index (χ4v) is 3.75. The lowest BCUT2D eigenvalue weighted by Gasteiger charge is -2.33. The van der Waals surface area contributed by atoms with Crippen LogP contribution >= 0.6 is 15.9 Å². The summed E-state index contributed by atoms with van der Waals surface area (Å²) in [7, 11) is 0. The summed E-state index contributed by atoms with van der Waals surface area (Å²) in [5.41, 5.74) is 6.96. The van der Waals surface area contributed by atoms with E-state index in [2.05, 4.69) is 37.4 Å². The van der Waals surface area contributed by atoms with Crippen molar-refractivity contribution in [2.45, 2.75) is 31.3 Å². The van der Waals surface area contributed by atoms with E-state index in [1.165, 1.54) is 6.42 Å². The highest BCUT2D eigenvalue weighted by Crippen LogP contribution is 2.26. The molecule has 1 saturated heterocycles. The second kappa shape index (κ2) is 7.42. The predicted molar refractivity (Wildman–Crippen MR) is 90.7 cm³/mol. The zero-order valence-electron chi connectivity index (χ0n) is 12.8. The predicted octanol–water partition coefficient (Wildman–Crippen LogP) is 0.940. The van der Waals surface area contributed by atoms with E-state index in [9.17, 15) is 9.59 Å². The molecule has 2 aliphatic rings. The van der Waals surface area contributed by atoms with Crippen molar-refractivity contribution in [2.75, 3.05) is 13.1 Å². The highest BCUT2D eigenvalue weighted by atomic mass is 79.9. The summed E-state index contributed by atoms with van der Waals surface area (Å²) < 4.78 is 0.836. The van der Waals surface area contributed by atoms with Crippen molar-refractivity contribution in [1.29, 1.82) is 0 Å². The molecular weight excluding hydrogens is 360 g/mol. The van der Waals surface area contributed by atoms with Gasteiger partial charge in [0.15, 0.2) is 0 Å². The Bertz CT molecular complexity index is 595. The van der Waals surface area contributed by atoms with Crippen LogP contribution in [0.25, 0.3) is 0 Å². The first kappa shape index (κ1) is 16.4. The molecule has 2 fully saturated rings. The molecule has 23 heavy (non-hydrogen) atoms. The largest absolute Gasteiger partial charge is 0.350 e. The van der Waals surface area contributed by atoms with Gasteiger partial charge in [0, 0.05) is 28.7 Å². The van der Waals surface area contributed by atoms with Gasteiger partial charge in [-0.15, -0.1) is 0 Å². The van der Waals surface area contributed by atoms with Crippen LogP contribution in [0.4, 0.5) is 0 Å². The molecule has 3 atom stereocenters. The topological polar surface area (TPSA) is 82.3 Å². The second-order valence-corrected chi connectivity index (χ2v) is 7.02. The first-order valence-corrected chi connectivity index (χ1v) is 8.74. The molecule has 1 aromatic rings. The van der Waals surface area contributed by atoms with E-state index in [0.717, 1.165) is 23.9 Å². The van der Waals surface area contributed by atoms with Crippen LogP contribution in [0.15, 0.2) is 28.7 Å². The fourth-order valence-electron chi connectivity index (χ4n) is 3.36. The van der Waals surface area contributed by atoms with Crippen molar-refractivity contribution in [2.24, 2.45) is 5.92 Å². The van der Waals surface area contributed by atoms with Crippen LogP contribution in [0.1, 0.15) is 29.6 Å². The number of rotatable bonds is 4. The summed E-state index contributed by atoms with van der Waals surface area (Å²) in [6.07, 6.45) is 3.29. The number of halogens is 1. The maximum absolute atomic E-state index is 12.1. The molecule has 4 N–H and O–H groups in total. The molecule has 1 saturated carbocycles. The SMILES string of the molecule is O=C(CNC(=O)c1cccc(Br)c1)NC1CCCC2CNNC21. The van der Waals surface area contributed by atoms with Gasteiger partial charge in [0.2, 0.25) is 5.91 Å². The molecule has 0 aromatic heterocycles. The van der Waals surface area contributed by atoms with Crippen LogP contribution < -0.4 is 21.5 Å². The van der Waals surface area contributed by atoms with Crippen LogP contribution in [0.3, 0.4) is 0 Å². The third kappa shape index (κ3) is 4.10. The van der Waals surface area contributed by atoms with Crippen LogP contribution in [-0.4, -0.2) is 37.0 Å². The van der Waals surface area contributed by atoms with Gasteiger partial charge in [0.1, 0.15) is 0 Å². The molecule has 124 valence electrons. The average molecular weight is 381 g/mol. The Morgan fingerprint density at radius 2 is 2.17 bits per heavy atom. The molecule has 3 rings (SSSR count). The third-order valence-corrected chi connectivity index (χ3v) is 5.00. The van der Waals surface area contributed by atoms with Gasteiger partial charge in [-0.05, 0) is 37.0 Å². The Labute approximate surface area is 143 Å². The van der Waals surface area contributed by atoms with Gasteiger partial charge in [-0.3, -0.25) is 20.4 Å². The molecule has 0 bridgehead atoms. The van der Waals surface area contributed by atoms with E-state index in [-0.39, 0.29) is 30.4 Å². The van der Waals surface area contributed by atoms with Crippen molar-refractivity contribution in [3.05, 3.63) is 34.3 Å². The zero-order chi connectivity index (χ0) is 16.2. The molecule has 1 aliphatic heterocycles. The van der Waals surface area contributed by atoms with Crippen LogP contribution in [-0.2, 0) is 4.79 Å². The molecule has 0 spiro atoms. The number of hydrogen-bond acceptors (Lipinski definition) is 4. The average Bonchev–Trinajstić information content (AvgIpc) is 3.02. The lowest BCUT2D eigenvalue weighted by molar-refractivity contribution is -0.121. The van der Waals surface area contributed by atoms with Gasteiger partial charge >= 0.3 is 0 Å². The Morgan fingerprint density at radius 1 is 1.30 bits per heavy atom. The molecule has 1 aromatic carbocycles. The van der Waals surface area contributed by atoms with Crippen LogP contribution in [0.2, 0.25) is 0 Å². The molecule has 1 aliphatic carbocycles. The fraction of sp³-hybridized carbons (Fsp3) is 0.500. The summed E-state index contributed by atoms with van der Waals surface area (Å²) >= 11 is 3.33. The van der Waals surface area contributed by atoms with Crippen molar-refractivity contribution in [1.82, 2.24) is 21.5 Å². The number of benzene rings is 1. The maximum atomic E-state index is 12.1. The smallest absolute Gasteiger partial charge is 0.251 e. The number of carbonyl (C=O) groups is 2. The Balaban J connectivity index is 1.48. The van der Waals surface area contributed by atoms with Crippen molar-refractivity contribution < 1.29 is 9.59 Å². The molecule has 0 radical (unpaired) electrons. The molecule has 6 nitrogen and oxygen atoms in total. The number of fused-ring (bicyclic) bond motifs is 1. The summed E-state index contributed by atoms with van der Waals surface area (Å²) in [6.45, 7) is 0.948. The van der Waals surface area contributed by atoms with Gasteiger partial charge in [-0.2, -0.15) is 0 Å². The quantitative estimate of drug-likeness (QED) is 0.626. The van der Waals surface area contributed by atoms with Crippen molar-refractivity contribution in [3.63, 3.8) is 0 Å². The Hall–Kier alpha value is -1.44. The van der Waals surface area contributed by atoms with Crippen LogP contribution in [0.5, 0.6) is 0 Å². The van der Waals surface area contributed by atoms with Gasteiger partial charge in [0.25, 0.3) is 5.91 Å². The summed E-state index contributed by atoms with van der Waals surface area (Å²) in [6, 6.07) is 7.50. The van der Waals surface area contributed by atoms with Crippen molar-refractivity contribution in [3.8, 4) is 0 Å². The first-order valence-electron chi connectivity index (χ1n) is 7.95. The lowest BCUT2D eigenvalue weighted by atomic mass is 9.82. The molecule has 1 heterocycles. The van der Waals surface area contributed by atoms with E-state index in [0.29, 0.717) is 11.5 Å². The lowest BCUT2D eigenvalue weighted by Crippen LogP contribution is -2.54. The summed E-state index contributed by atoms with van der Waals surface area (Å²) in [5.74, 6) is 0.182. The normalized spacial score (nSPS) is 26.4. The highest BCUT2D eigenvalue weighted by molar-refractivity contribution is 9.10. The number of amides is 2. The van der Waals surface area contributed by atoms with Gasteiger partial charge in [0.05, 0.1) is 6.54 Å².